The predicted molar refractivity (Wildman–Crippen MR) is 89.2 cm³/mol. The van der Waals surface area contributed by atoms with Crippen LogP contribution in [0, 0.1) is 0 Å². The number of carbonyl (C=O) groups excluding carboxylic acids is 2. The van der Waals surface area contributed by atoms with Gasteiger partial charge in [-0.3, -0.25) is 9.59 Å². The second-order valence-corrected chi connectivity index (χ2v) is 5.87. The zero-order valence-corrected chi connectivity index (χ0v) is 14.2. The van der Waals surface area contributed by atoms with Crippen molar-refractivity contribution >= 4 is 23.4 Å². The van der Waals surface area contributed by atoms with Crippen LogP contribution < -0.4 is 5.32 Å². The fraction of sp³-hybridized carbons (Fsp3) is 0.500. The first-order chi connectivity index (χ1) is 10.4. The Morgan fingerprint density at radius 1 is 1.18 bits per heavy atom. The number of nitrogens with zero attached hydrogens (tertiary/aromatic N) is 2. The van der Waals surface area contributed by atoms with E-state index in [1.165, 1.54) is 0 Å². The van der Waals surface area contributed by atoms with Gasteiger partial charge in [0, 0.05) is 37.1 Å². The second-order valence-electron chi connectivity index (χ2n) is 5.43. The SMILES string of the molecule is CC(=O)N(CCCN(C)C)CCNC(=O)c1cccc(Cl)c1. The third-order valence-electron chi connectivity index (χ3n) is 3.23. The van der Waals surface area contributed by atoms with E-state index < -0.39 is 0 Å². The highest BCUT2D eigenvalue weighted by Gasteiger charge is 2.10. The van der Waals surface area contributed by atoms with Crippen molar-refractivity contribution in [3.63, 3.8) is 0 Å². The van der Waals surface area contributed by atoms with Crippen LogP contribution in [0.2, 0.25) is 5.02 Å². The molecule has 6 heteroatoms. The summed E-state index contributed by atoms with van der Waals surface area (Å²) in [5.74, 6) is -0.157. The smallest absolute Gasteiger partial charge is 0.251 e. The lowest BCUT2D eigenvalue weighted by atomic mass is 10.2. The van der Waals surface area contributed by atoms with Gasteiger partial charge in [-0.2, -0.15) is 0 Å². The Hall–Kier alpha value is -1.59. The van der Waals surface area contributed by atoms with Crippen LogP contribution in [0.3, 0.4) is 0 Å². The molecule has 0 aromatic heterocycles. The fourth-order valence-electron chi connectivity index (χ4n) is 2.04. The lowest BCUT2D eigenvalue weighted by Gasteiger charge is -2.22. The van der Waals surface area contributed by atoms with E-state index in [9.17, 15) is 9.59 Å². The second kappa shape index (κ2) is 9.43. The Morgan fingerprint density at radius 3 is 2.50 bits per heavy atom. The summed E-state index contributed by atoms with van der Waals surface area (Å²) in [6.07, 6.45) is 0.912. The molecule has 1 aromatic rings. The van der Waals surface area contributed by atoms with Crippen LogP contribution in [-0.4, -0.2) is 61.9 Å². The molecule has 0 saturated carbocycles. The van der Waals surface area contributed by atoms with Gasteiger partial charge in [-0.05, 0) is 45.3 Å². The molecule has 0 bridgehead atoms. The van der Waals surface area contributed by atoms with Crippen molar-refractivity contribution in [3.8, 4) is 0 Å². The van der Waals surface area contributed by atoms with Crippen molar-refractivity contribution < 1.29 is 9.59 Å². The normalized spacial score (nSPS) is 10.6. The van der Waals surface area contributed by atoms with Crippen molar-refractivity contribution in [3.05, 3.63) is 34.9 Å². The number of nitrogens with one attached hydrogen (secondary N) is 1. The minimum atomic E-state index is -0.181. The van der Waals surface area contributed by atoms with E-state index in [0.717, 1.165) is 13.0 Å². The fourth-order valence-corrected chi connectivity index (χ4v) is 2.23. The van der Waals surface area contributed by atoms with Crippen molar-refractivity contribution in [1.29, 1.82) is 0 Å². The van der Waals surface area contributed by atoms with Crippen LogP contribution >= 0.6 is 11.6 Å². The molecule has 0 aliphatic carbocycles. The summed E-state index contributed by atoms with van der Waals surface area (Å²) >= 11 is 5.86. The average molecular weight is 326 g/mol. The largest absolute Gasteiger partial charge is 0.350 e. The zero-order valence-electron chi connectivity index (χ0n) is 13.4. The van der Waals surface area contributed by atoms with Gasteiger partial charge in [-0.25, -0.2) is 0 Å². The van der Waals surface area contributed by atoms with E-state index in [-0.39, 0.29) is 11.8 Å². The van der Waals surface area contributed by atoms with Gasteiger partial charge in [0.1, 0.15) is 0 Å². The minimum Gasteiger partial charge on any atom is -0.350 e. The summed E-state index contributed by atoms with van der Waals surface area (Å²) in [6.45, 7) is 4.11. The number of halogens is 1. The number of benzene rings is 1. The van der Waals surface area contributed by atoms with Gasteiger partial charge in [0.15, 0.2) is 0 Å². The van der Waals surface area contributed by atoms with Gasteiger partial charge in [0.25, 0.3) is 5.91 Å². The van der Waals surface area contributed by atoms with Gasteiger partial charge >= 0.3 is 0 Å². The Kier molecular flexibility index (Phi) is 7.91. The lowest BCUT2D eigenvalue weighted by Crippen LogP contribution is -2.38. The minimum absolute atomic E-state index is 0.0239. The highest BCUT2D eigenvalue weighted by molar-refractivity contribution is 6.30. The zero-order chi connectivity index (χ0) is 16.5. The van der Waals surface area contributed by atoms with Gasteiger partial charge in [0.05, 0.1) is 0 Å². The van der Waals surface area contributed by atoms with Crippen LogP contribution in [0.15, 0.2) is 24.3 Å². The molecule has 0 aliphatic rings. The van der Waals surface area contributed by atoms with Crippen LogP contribution in [-0.2, 0) is 4.79 Å². The molecule has 0 unspecified atom stereocenters. The summed E-state index contributed by atoms with van der Waals surface area (Å²) in [7, 11) is 4.01. The van der Waals surface area contributed by atoms with Gasteiger partial charge in [0.2, 0.25) is 5.91 Å². The Morgan fingerprint density at radius 2 is 1.91 bits per heavy atom. The molecule has 0 saturated heterocycles. The topological polar surface area (TPSA) is 52.7 Å². The maximum Gasteiger partial charge on any atom is 0.251 e. The molecule has 0 atom stereocenters. The van der Waals surface area contributed by atoms with Gasteiger partial charge < -0.3 is 15.1 Å². The molecule has 0 aliphatic heterocycles. The molecule has 2 amide bonds. The van der Waals surface area contributed by atoms with E-state index in [1.54, 1.807) is 36.1 Å². The Bertz CT molecular complexity index is 506. The molecule has 0 heterocycles. The highest BCUT2D eigenvalue weighted by Crippen LogP contribution is 2.10. The van der Waals surface area contributed by atoms with Crippen LogP contribution in [0.4, 0.5) is 0 Å². The Labute approximate surface area is 137 Å². The number of hydrogen-bond acceptors (Lipinski definition) is 3. The molecule has 0 fully saturated rings. The lowest BCUT2D eigenvalue weighted by molar-refractivity contribution is -0.128. The van der Waals surface area contributed by atoms with Crippen molar-refractivity contribution in [2.24, 2.45) is 0 Å². The first kappa shape index (κ1) is 18.5. The van der Waals surface area contributed by atoms with Crippen LogP contribution in [0.5, 0.6) is 0 Å². The summed E-state index contributed by atoms with van der Waals surface area (Å²) in [4.78, 5) is 27.4. The molecule has 1 aromatic carbocycles. The Balaban J connectivity index is 2.39. The predicted octanol–water partition coefficient (Wildman–Crippen LogP) is 1.87. The summed E-state index contributed by atoms with van der Waals surface area (Å²) < 4.78 is 0. The summed E-state index contributed by atoms with van der Waals surface area (Å²) in [5, 5.41) is 3.34. The maximum absolute atomic E-state index is 12.0. The monoisotopic (exact) mass is 325 g/mol. The van der Waals surface area contributed by atoms with Crippen LogP contribution in [0.1, 0.15) is 23.7 Å². The van der Waals surface area contributed by atoms with E-state index >= 15 is 0 Å². The summed E-state index contributed by atoms with van der Waals surface area (Å²) in [5.41, 5.74) is 0.523. The molecular formula is C16H24ClN3O2. The number of rotatable bonds is 8. The molecule has 1 rings (SSSR count). The van der Waals surface area contributed by atoms with E-state index in [0.29, 0.717) is 30.2 Å². The third kappa shape index (κ3) is 6.91. The molecule has 122 valence electrons. The number of amides is 2. The third-order valence-corrected chi connectivity index (χ3v) is 3.47. The maximum atomic E-state index is 12.0. The first-order valence-electron chi connectivity index (χ1n) is 7.34. The number of carbonyl (C=O) groups is 2. The van der Waals surface area contributed by atoms with Gasteiger partial charge in [-0.15, -0.1) is 0 Å². The van der Waals surface area contributed by atoms with Crippen molar-refractivity contribution in [2.45, 2.75) is 13.3 Å². The molecular weight excluding hydrogens is 302 g/mol. The highest BCUT2D eigenvalue weighted by atomic mass is 35.5. The van der Waals surface area contributed by atoms with E-state index in [1.807, 2.05) is 14.1 Å². The number of hydrogen-bond donors (Lipinski definition) is 1. The van der Waals surface area contributed by atoms with Crippen LogP contribution in [0.25, 0.3) is 0 Å². The molecule has 22 heavy (non-hydrogen) atoms. The molecule has 1 N–H and O–H groups in total. The summed E-state index contributed by atoms with van der Waals surface area (Å²) in [6, 6.07) is 6.79. The average Bonchev–Trinajstić information content (AvgIpc) is 2.44. The molecule has 5 nitrogen and oxygen atoms in total. The molecule has 0 radical (unpaired) electrons. The van der Waals surface area contributed by atoms with E-state index in [4.69, 9.17) is 11.6 Å². The van der Waals surface area contributed by atoms with Gasteiger partial charge in [-0.1, -0.05) is 17.7 Å². The quantitative estimate of drug-likeness (QED) is 0.794. The molecule has 0 spiro atoms. The standard InChI is InChI=1S/C16H24ClN3O2/c1-13(21)20(10-5-9-19(2)3)11-8-18-16(22)14-6-4-7-15(17)12-14/h4,6-7,12H,5,8-11H2,1-3H3,(H,18,22). The first-order valence-corrected chi connectivity index (χ1v) is 7.72. The van der Waals surface area contributed by atoms with Crippen molar-refractivity contribution in [2.75, 3.05) is 40.3 Å². The van der Waals surface area contributed by atoms with E-state index in [2.05, 4.69) is 10.2 Å². The van der Waals surface area contributed by atoms with Crippen molar-refractivity contribution in [1.82, 2.24) is 15.1 Å².